The lowest BCUT2D eigenvalue weighted by molar-refractivity contribution is -0.142. The molecular weight excluding hydrogens is 308 g/mol. The van der Waals surface area contributed by atoms with Crippen molar-refractivity contribution in [2.45, 2.75) is 6.92 Å². The SMILES string of the molecule is COC(=O)COc1c(-c2ccccc2)oc2ccc(C)cc2c1=O. The van der Waals surface area contributed by atoms with Crippen LogP contribution in [0.5, 0.6) is 5.75 Å². The highest BCUT2D eigenvalue weighted by Gasteiger charge is 2.18. The Morgan fingerprint density at radius 1 is 1.12 bits per heavy atom. The molecule has 0 atom stereocenters. The van der Waals surface area contributed by atoms with E-state index in [1.54, 1.807) is 12.1 Å². The molecule has 0 amide bonds. The third-order valence-corrected chi connectivity index (χ3v) is 3.60. The molecule has 0 unspecified atom stereocenters. The van der Waals surface area contributed by atoms with Crippen LogP contribution in [0.15, 0.2) is 57.7 Å². The van der Waals surface area contributed by atoms with Crippen molar-refractivity contribution in [1.82, 2.24) is 0 Å². The van der Waals surface area contributed by atoms with Crippen LogP contribution in [0.2, 0.25) is 0 Å². The van der Waals surface area contributed by atoms with E-state index in [2.05, 4.69) is 4.74 Å². The summed E-state index contributed by atoms with van der Waals surface area (Å²) in [5, 5.41) is 0.412. The molecule has 3 rings (SSSR count). The Morgan fingerprint density at radius 2 is 1.88 bits per heavy atom. The predicted octanol–water partition coefficient (Wildman–Crippen LogP) is 3.32. The second-order valence-corrected chi connectivity index (χ2v) is 5.32. The normalized spacial score (nSPS) is 10.6. The molecule has 5 heteroatoms. The largest absolute Gasteiger partial charge is 0.474 e. The number of esters is 1. The molecule has 122 valence electrons. The molecular formula is C19H16O5. The molecule has 0 spiro atoms. The van der Waals surface area contributed by atoms with Gasteiger partial charge >= 0.3 is 5.97 Å². The number of carbonyl (C=O) groups is 1. The number of ether oxygens (including phenoxy) is 2. The van der Waals surface area contributed by atoms with E-state index in [-0.39, 0.29) is 17.8 Å². The molecule has 1 heterocycles. The summed E-state index contributed by atoms with van der Waals surface area (Å²) >= 11 is 0. The Morgan fingerprint density at radius 3 is 2.58 bits per heavy atom. The van der Waals surface area contributed by atoms with E-state index in [1.807, 2.05) is 43.3 Å². The van der Waals surface area contributed by atoms with E-state index in [1.165, 1.54) is 7.11 Å². The van der Waals surface area contributed by atoms with E-state index < -0.39 is 5.97 Å². The first-order valence-electron chi connectivity index (χ1n) is 7.42. The second-order valence-electron chi connectivity index (χ2n) is 5.32. The van der Waals surface area contributed by atoms with Gasteiger partial charge in [-0.3, -0.25) is 4.79 Å². The highest BCUT2D eigenvalue weighted by Crippen LogP contribution is 2.31. The van der Waals surface area contributed by atoms with Gasteiger partial charge in [0.25, 0.3) is 0 Å². The Kier molecular flexibility index (Phi) is 4.33. The van der Waals surface area contributed by atoms with E-state index in [4.69, 9.17) is 9.15 Å². The number of carbonyl (C=O) groups excluding carboxylic acids is 1. The van der Waals surface area contributed by atoms with Crippen LogP contribution in [0.25, 0.3) is 22.3 Å². The molecule has 0 aliphatic heterocycles. The number of rotatable bonds is 4. The molecule has 0 fully saturated rings. The van der Waals surface area contributed by atoms with Gasteiger partial charge in [-0.05, 0) is 19.1 Å². The molecule has 0 aliphatic rings. The van der Waals surface area contributed by atoms with Gasteiger partial charge in [-0.25, -0.2) is 4.79 Å². The minimum Gasteiger partial charge on any atom is -0.474 e. The lowest BCUT2D eigenvalue weighted by Crippen LogP contribution is -2.17. The quantitative estimate of drug-likeness (QED) is 0.689. The van der Waals surface area contributed by atoms with Gasteiger partial charge in [0.15, 0.2) is 12.4 Å². The van der Waals surface area contributed by atoms with Gasteiger partial charge in [-0.1, -0.05) is 42.0 Å². The lowest BCUT2D eigenvalue weighted by atomic mass is 10.1. The van der Waals surface area contributed by atoms with Crippen LogP contribution in [0, 0.1) is 6.92 Å². The molecule has 0 aliphatic carbocycles. The zero-order chi connectivity index (χ0) is 17.1. The molecule has 24 heavy (non-hydrogen) atoms. The first-order valence-corrected chi connectivity index (χ1v) is 7.42. The summed E-state index contributed by atoms with van der Waals surface area (Å²) in [5.41, 5.74) is 1.77. The van der Waals surface area contributed by atoms with Crippen molar-refractivity contribution >= 4 is 16.9 Å². The van der Waals surface area contributed by atoms with Gasteiger partial charge in [0.2, 0.25) is 11.2 Å². The van der Waals surface area contributed by atoms with Crippen molar-refractivity contribution < 1.29 is 18.7 Å². The average molecular weight is 324 g/mol. The van der Waals surface area contributed by atoms with E-state index >= 15 is 0 Å². The van der Waals surface area contributed by atoms with Gasteiger partial charge in [-0.15, -0.1) is 0 Å². The lowest BCUT2D eigenvalue weighted by Gasteiger charge is -2.11. The number of methoxy groups -OCH3 is 1. The first kappa shape index (κ1) is 15.8. The summed E-state index contributed by atoms with van der Waals surface area (Å²) in [6.07, 6.45) is 0. The first-order chi connectivity index (χ1) is 11.6. The van der Waals surface area contributed by atoms with E-state index in [0.717, 1.165) is 5.56 Å². The summed E-state index contributed by atoms with van der Waals surface area (Å²) in [7, 11) is 1.26. The van der Waals surface area contributed by atoms with Gasteiger partial charge in [0.05, 0.1) is 12.5 Å². The zero-order valence-electron chi connectivity index (χ0n) is 13.4. The van der Waals surface area contributed by atoms with Crippen molar-refractivity contribution in [3.63, 3.8) is 0 Å². The maximum absolute atomic E-state index is 12.8. The van der Waals surface area contributed by atoms with Crippen molar-refractivity contribution in [3.05, 3.63) is 64.3 Å². The number of fused-ring (bicyclic) bond motifs is 1. The predicted molar refractivity (Wildman–Crippen MR) is 90.2 cm³/mol. The molecule has 3 aromatic rings. The number of benzene rings is 2. The Balaban J connectivity index is 2.22. The minimum atomic E-state index is -0.572. The zero-order valence-corrected chi connectivity index (χ0v) is 13.4. The maximum atomic E-state index is 12.8. The topological polar surface area (TPSA) is 65.7 Å². The maximum Gasteiger partial charge on any atom is 0.343 e. The fraction of sp³-hybridized carbons (Fsp3) is 0.158. The standard InChI is InChI=1S/C19H16O5/c1-12-8-9-15-14(10-12)17(21)19(23-11-16(20)22-2)18(24-15)13-6-4-3-5-7-13/h3-10H,11H2,1-2H3. The van der Waals surface area contributed by atoms with Crippen molar-refractivity contribution in [2.75, 3.05) is 13.7 Å². The second kappa shape index (κ2) is 6.58. The average Bonchev–Trinajstić information content (AvgIpc) is 2.61. The van der Waals surface area contributed by atoms with Crippen LogP contribution in [-0.2, 0) is 9.53 Å². The number of hydrogen-bond acceptors (Lipinski definition) is 5. The summed E-state index contributed by atoms with van der Waals surface area (Å²) in [4.78, 5) is 24.2. The minimum absolute atomic E-state index is 0.00435. The summed E-state index contributed by atoms with van der Waals surface area (Å²) < 4.78 is 15.9. The van der Waals surface area contributed by atoms with E-state index in [9.17, 15) is 9.59 Å². The highest BCUT2D eigenvalue weighted by molar-refractivity contribution is 5.83. The molecule has 0 bridgehead atoms. The third-order valence-electron chi connectivity index (χ3n) is 3.60. The molecule has 2 aromatic carbocycles. The van der Waals surface area contributed by atoms with Crippen LogP contribution in [-0.4, -0.2) is 19.7 Å². The fourth-order valence-electron chi connectivity index (χ4n) is 2.39. The Bertz CT molecular complexity index is 941. The number of hydrogen-bond donors (Lipinski definition) is 0. The summed E-state index contributed by atoms with van der Waals surface area (Å²) in [6, 6.07) is 14.5. The van der Waals surface area contributed by atoms with Gasteiger partial charge in [0, 0.05) is 5.56 Å². The molecule has 5 nitrogen and oxygen atoms in total. The third kappa shape index (κ3) is 3.01. The van der Waals surface area contributed by atoms with Crippen LogP contribution < -0.4 is 10.2 Å². The summed E-state index contributed by atoms with van der Waals surface area (Å²) in [6.45, 7) is 1.53. The monoisotopic (exact) mass is 324 g/mol. The van der Waals surface area contributed by atoms with Gasteiger partial charge in [0.1, 0.15) is 5.58 Å². The smallest absolute Gasteiger partial charge is 0.343 e. The highest BCUT2D eigenvalue weighted by atomic mass is 16.6. The summed E-state index contributed by atoms with van der Waals surface area (Å²) in [5.74, 6) is -0.275. The van der Waals surface area contributed by atoms with Crippen molar-refractivity contribution in [2.24, 2.45) is 0 Å². The molecule has 0 N–H and O–H groups in total. The van der Waals surface area contributed by atoms with Crippen LogP contribution >= 0.6 is 0 Å². The Labute approximate surface area is 138 Å². The van der Waals surface area contributed by atoms with Gasteiger partial charge < -0.3 is 13.9 Å². The van der Waals surface area contributed by atoms with E-state index in [0.29, 0.717) is 22.3 Å². The fourth-order valence-corrected chi connectivity index (χ4v) is 2.39. The van der Waals surface area contributed by atoms with Crippen LogP contribution in [0.3, 0.4) is 0 Å². The van der Waals surface area contributed by atoms with Crippen molar-refractivity contribution in [1.29, 1.82) is 0 Å². The molecule has 0 saturated heterocycles. The molecule has 0 radical (unpaired) electrons. The Hall–Kier alpha value is -3.08. The number of aryl methyl sites for hydroxylation is 1. The van der Waals surface area contributed by atoms with Crippen LogP contribution in [0.4, 0.5) is 0 Å². The van der Waals surface area contributed by atoms with Gasteiger partial charge in [-0.2, -0.15) is 0 Å². The molecule has 0 saturated carbocycles. The van der Waals surface area contributed by atoms with Crippen LogP contribution in [0.1, 0.15) is 5.56 Å². The molecule has 1 aromatic heterocycles. The van der Waals surface area contributed by atoms with Crippen molar-refractivity contribution in [3.8, 4) is 17.1 Å².